The molecule has 2 atom stereocenters. The number of alkyl halides is 3. The Morgan fingerprint density at radius 2 is 1.82 bits per heavy atom. The first kappa shape index (κ1) is 22.0. The highest BCUT2D eigenvalue weighted by atomic mass is 19.4. The normalized spacial score (nSPS) is 21.5. The van der Waals surface area contributed by atoms with Gasteiger partial charge in [0.1, 0.15) is 5.82 Å². The van der Waals surface area contributed by atoms with E-state index < -0.39 is 18.3 Å². The Morgan fingerprint density at radius 3 is 2.58 bits per heavy atom. The topological polar surface area (TPSA) is 46.9 Å². The Bertz CT molecular complexity index is 1150. The van der Waals surface area contributed by atoms with Gasteiger partial charge in [-0.3, -0.25) is 4.79 Å². The minimum Gasteiger partial charge on any atom is -0.363 e. The van der Waals surface area contributed by atoms with Crippen molar-refractivity contribution < 1.29 is 18.0 Å². The predicted octanol–water partition coefficient (Wildman–Crippen LogP) is 7.24. The molecule has 1 aliphatic carbocycles. The summed E-state index contributed by atoms with van der Waals surface area (Å²) in [4.78, 5) is 13.0. The van der Waals surface area contributed by atoms with Crippen LogP contribution >= 0.6 is 0 Å². The van der Waals surface area contributed by atoms with Crippen LogP contribution in [-0.4, -0.2) is 21.7 Å². The first-order valence-corrected chi connectivity index (χ1v) is 11.8. The second kappa shape index (κ2) is 8.84. The van der Waals surface area contributed by atoms with Crippen molar-refractivity contribution in [3.05, 3.63) is 59.8 Å². The minimum absolute atomic E-state index is 0.130. The lowest BCUT2D eigenvalue weighted by Crippen LogP contribution is -2.36. The lowest BCUT2D eigenvalue weighted by atomic mass is 9.85. The summed E-state index contributed by atoms with van der Waals surface area (Å²) in [5.41, 5.74) is 1.04. The molecule has 5 rings (SSSR count). The molecule has 0 saturated heterocycles. The van der Waals surface area contributed by atoms with Crippen LogP contribution in [0.1, 0.15) is 79.4 Å². The smallest absolute Gasteiger partial charge is 0.363 e. The van der Waals surface area contributed by atoms with Crippen molar-refractivity contribution in [1.29, 1.82) is 0 Å². The van der Waals surface area contributed by atoms with Gasteiger partial charge in [-0.1, -0.05) is 68.5 Å². The van der Waals surface area contributed by atoms with Crippen molar-refractivity contribution >= 4 is 22.4 Å². The summed E-state index contributed by atoms with van der Waals surface area (Å²) in [6, 6.07) is 11.2. The molecule has 2 aliphatic rings. The van der Waals surface area contributed by atoms with E-state index in [2.05, 4.69) is 10.4 Å². The van der Waals surface area contributed by atoms with Gasteiger partial charge in [-0.15, -0.1) is 0 Å². The van der Waals surface area contributed by atoms with Gasteiger partial charge in [0.25, 0.3) is 0 Å². The predicted molar refractivity (Wildman–Crippen MR) is 122 cm³/mol. The zero-order valence-corrected chi connectivity index (χ0v) is 18.4. The summed E-state index contributed by atoms with van der Waals surface area (Å²) < 4.78 is 42.9. The number of fused-ring (bicyclic) bond motifs is 2. The summed E-state index contributed by atoms with van der Waals surface area (Å²) in [6.45, 7) is 0. The van der Waals surface area contributed by atoms with Gasteiger partial charge < -0.3 is 5.32 Å². The Kier molecular flexibility index (Phi) is 5.89. The summed E-state index contributed by atoms with van der Waals surface area (Å²) in [6.07, 6.45) is 3.74. The van der Waals surface area contributed by atoms with E-state index in [0.29, 0.717) is 12.3 Å². The van der Waals surface area contributed by atoms with Gasteiger partial charge in [0.15, 0.2) is 11.8 Å². The third-order valence-electron chi connectivity index (χ3n) is 7.22. The van der Waals surface area contributed by atoms with E-state index in [9.17, 15) is 18.0 Å². The molecule has 7 heteroatoms. The molecule has 4 nitrogen and oxygen atoms in total. The molecular formula is C26H28F3N3O. The number of ketones is 1. The minimum atomic E-state index is -4.46. The first-order chi connectivity index (χ1) is 15.9. The lowest BCUT2D eigenvalue weighted by molar-refractivity contribution is -0.173. The average Bonchev–Trinajstić information content (AvgIpc) is 3.25. The standard InChI is InChI=1S/C26H28F3N3O/c27-26(28,29)24-15-22(20-12-11-18-8-4-5-9-19(18)14-20)31-25-21(16-30-32(24)25)23(33)13-10-17-6-2-1-3-7-17/h4-5,8-9,11-12,14,16-17,22,24,31H,1-3,6-7,10,13,15H2. The van der Waals surface area contributed by atoms with Gasteiger partial charge in [-0.05, 0) is 34.7 Å². The van der Waals surface area contributed by atoms with Crippen molar-refractivity contribution in [2.75, 3.05) is 5.32 Å². The summed E-state index contributed by atoms with van der Waals surface area (Å²) in [5, 5.41) is 9.25. The Hall–Kier alpha value is -2.83. The maximum Gasteiger partial charge on any atom is 0.410 e. The SMILES string of the molecule is O=C(CCC1CCCCC1)c1cnn2c1NC(c1ccc3ccccc3c1)CC2C(F)(F)F. The van der Waals surface area contributed by atoms with Crippen LogP contribution in [0.3, 0.4) is 0 Å². The van der Waals surface area contributed by atoms with Gasteiger partial charge in [-0.25, -0.2) is 4.68 Å². The van der Waals surface area contributed by atoms with E-state index in [1.165, 1.54) is 25.5 Å². The van der Waals surface area contributed by atoms with E-state index in [1.807, 2.05) is 42.5 Å². The number of nitrogens with one attached hydrogen (secondary N) is 1. The van der Waals surface area contributed by atoms with Crippen LogP contribution in [0.5, 0.6) is 0 Å². The number of carbonyl (C=O) groups excluding carboxylic acids is 1. The van der Waals surface area contributed by atoms with Gasteiger partial charge in [0.2, 0.25) is 0 Å². The number of hydrogen-bond donors (Lipinski definition) is 1. The molecule has 1 fully saturated rings. The van der Waals surface area contributed by atoms with E-state index >= 15 is 0 Å². The van der Waals surface area contributed by atoms with Gasteiger partial charge >= 0.3 is 6.18 Å². The van der Waals surface area contributed by atoms with E-state index in [-0.39, 0.29) is 23.6 Å². The Morgan fingerprint density at radius 1 is 1.06 bits per heavy atom. The van der Waals surface area contributed by atoms with Crippen LogP contribution in [0, 0.1) is 5.92 Å². The summed E-state index contributed by atoms with van der Waals surface area (Å²) in [5.74, 6) is 0.597. The molecule has 2 unspecified atom stereocenters. The van der Waals surface area contributed by atoms with Gasteiger partial charge in [0, 0.05) is 12.8 Å². The maximum atomic E-state index is 14.0. The summed E-state index contributed by atoms with van der Waals surface area (Å²) >= 11 is 0. The molecule has 3 aromatic rings. The zero-order chi connectivity index (χ0) is 23.0. The van der Waals surface area contributed by atoms with Crippen molar-refractivity contribution in [3.63, 3.8) is 0 Å². The number of halogens is 3. The highest BCUT2D eigenvalue weighted by molar-refractivity contribution is 6.00. The number of aromatic nitrogens is 2. The van der Waals surface area contributed by atoms with Crippen LogP contribution in [0.25, 0.3) is 10.8 Å². The third kappa shape index (κ3) is 4.50. The third-order valence-corrected chi connectivity index (χ3v) is 7.22. The van der Waals surface area contributed by atoms with E-state index in [1.54, 1.807) is 0 Å². The van der Waals surface area contributed by atoms with Crippen LogP contribution < -0.4 is 5.32 Å². The highest BCUT2D eigenvalue weighted by Gasteiger charge is 2.47. The average molecular weight is 456 g/mol. The van der Waals surface area contributed by atoms with Crippen molar-refractivity contribution in [1.82, 2.24) is 9.78 Å². The quantitative estimate of drug-likeness (QED) is 0.413. The summed E-state index contributed by atoms with van der Waals surface area (Å²) in [7, 11) is 0. The molecule has 2 aromatic carbocycles. The molecule has 2 heterocycles. The van der Waals surface area contributed by atoms with Crippen LogP contribution in [-0.2, 0) is 0 Å². The van der Waals surface area contributed by atoms with E-state index in [0.717, 1.165) is 40.3 Å². The molecule has 0 radical (unpaired) electrons. The molecule has 1 aliphatic heterocycles. The van der Waals surface area contributed by atoms with Crippen molar-refractivity contribution in [3.8, 4) is 0 Å². The largest absolute Gasteiger partial charge is 0.410 e. The van der Waals surface area contributed by atoms with Crippen molar-refractivity contribution in [2.45, 2.75) is 69.6 Å². The Balaban J connectivity index is 1.43. The number of benzene rings is 2. The second-order valence-corrected chi connectivity index (χ2v) is 9.41. The number of carbonyl (C=O) groups is 1. The molecule has 0 amide bonds. The molecular weight excluding hydrogens is 427 g/mol. The number of anilines is 1. The number of rotatable bonds is 5. The fourth-order valence-corrected chi connectivity index (χ4v) is 5.36. The molecule has 1 aromatic heterocycles. The Labute approximate surface area is 191 Å². The molecule has 174 valence electrons. The number of Topliss-reactive ketones (excluding diaryl/α,β-unsaturated/α-hetero) is 1. The number of hydrogen-bond acceptors (Lipinski definition) is 3. The first-order valence-electron chi connectivity index (χ1n) is 11.8. The van der Waals surface area contributed by atoms with Crippen molar-refractivity contribution in [2.24, 2.45) is 5.92 Å². The monoisotopic (exact) mass is 455 g/mol. The lowest BCUT2D eigenvalue weighted by Gasteiger charge is -2.34. The maximum absolute atomic E-state index is 14.0. The fraction of sp³-hybridized carbons (Fsp3) is 0.462. The zero-order valence-electron chi connectivity index (χ0n) is 18.4. The molecule has 0 bridgehead atoms. The number of nitrogens with zero attached hydrogens (tertiary/aromatic N) is 2. The molecule has 0 spiro atoms. The highest BCUT2D eigenvalue weighted by Crippen LogP contribution is 2.45. The molecule has 33 heavy (non-hydrogen) atoms. The van der Waals surface area contributed by atoms with Crippen LogP contribution in [0.15, 0.2) is 48.7 Å². The van der Waals surface area contributed by atoms with Crippen LogP contribution in [0.4, 0.5) is 19.0 Å². The molecule has 1 saturated carbocycles. The van der Waals surface area contributed by atoms with Gasteiger partial charge in [0.05, 0.1) is 17.8 Å². The second-order valence-electron chi connectivity index (χ2n) is 9.41. The van der Waals surface area contributed by atoms with Crippen LogP contribution in [0.2, 0.25) is 0 Å². The van der Waals surface area contributed by atoms with E-state index in [4.69, 9.17) is 0 Å². The fourth-order valence-electron chi connectivity index (χ4n) is 5.36. The molecule has 1 N–H and O–H groups in total. The van der Waals surface area contributed by atoms with Gasteiger partial charge in [-0.2, -0.15) is 18.3 Å².